The Morgan fingerprint density at radius 3 is 2.65 bits per heavy atom. The molecule has 1 rings (SSSR count). The van der Waals surface area contributed by atoms with Gasteiger partial charge in [-0.3, -0.25) is 4.79 Å². The van der Waals surface area contributed by atoms with E-state index >= 15 is 0 Å². The van der Waals surface area contributed by atoms with Gasteiger partial charge in [0, 0.05) is 0 Å². The summed E-state index contributed by atoms with van der Waals surface area (Å²) in [5.74, 6) is -1.40. The normalized spacial score (nSPS) is 10.5. The number of amides is 1. The summed E-state index contributed by atoms with van der Waals surface area (Å²) in [5.41, 5.74) is -0.278. The lowest BCUT2D eigenvalue weighted by Crippen LogP contribution is -2.26. The van der Waals surface area contributed by atoms with Crippen LogP contribution < -0.4 is 10.1 Å². The molecule has 0 aliphatic carbocycles. The SMILES string of the molecule is N#CCNC(=O)c1ccccc1OC(F)(F)F. The number of carbonyl (C=O) groups excluding carboxylic acids is 1. The molecular weight excluding hydrogens is 237 g/mol. The van der Waals surface area contributed by atoms with Crippen LogP contribution >= 0.6 is 0 Å². The second-order valence-corrected chi connectivity index (χ2v) is 2.88. The van der Waals surface area contributed by atoms with Crippen molar-refractivity contribution in [2.75, 3.05) is 6.54 Å². The molecule has 0 unspecified atom stereocenters. The largest absolute Gasteiger partial charge is 0.573 e. The second-order valence-electron chi connectivity index (χ2n) is 2.88. The van der Waals surface area contributed by atoms with E-state index in [4.69, 9.17) is 5.26 Å². The first kappa shape index (κ1) is 12.8. The van der Waals surface area contributed by atoms with Gasteiger partial charge in [0.05, 0.1) is 11.6 Å². The predicted octanol–water partition coefficient (Wildman–Crippen LogP) is 1.84. The highest BCUT2D eigenvalue weighted by molar-refractivity contribution is 5.97. The summed E-state index contributed by atoms with van der Waals surface area (Å²) in [5, 5.41) is 10.4. The van der Waals surface area contributed by atoms with Crippen molar-refractivity contribution in [2.24, 2.45) is 0 Å². The lowest BCUT2D eigenvalue weighted by molar-refractivity contribution is -0.274. The lowest BCUT2D eigenvalue weighted by atomic mass is 10.2. The van der Waals surface area contributed by atoms with Crippen molar-refractivity contribution >= 4 is 5.91 Å². The van der Waals surface area contributed by atoms with Crippen molar-refractivity contribution < 1.29 is 22.7 Å². The van der Waals surface area contributed by atoms with E-state index in [0.717, 1.165) is 6.07 Å². The average molecular weight is 244 g/mol. The molecule has 1 aromatic carbocycles. The third-order valence-electron chi connectivity index (χ3n) is 1.69. The number of hydrogen-bond donors (Lipinski definition) is 1. The number of alkyl halides is 3. The highest BCUT2D eigenvalue weighted by Gasteiger charge is 2.32. The number of ether oxygens (including phenoxy) is 1. The zero-order valence-electron chi connectivity index (χ0n) is 8.41. The van der Waals surface area contributed by atoms with Gasteiger partial charge in [-0.15, -0.1) is 13.2 Å². The summed E-state index contributed by atoms with van der Waals surface area (Å²) in [6.07, 6.45) is -4.87. The van der Waals surface area contributed by atoms with Crippen molar-refractivity contribution in [1.82, 2.24) is 5.32 Å². The smallest absolute Gasteiger partial charge is 0.405 e. The van der Waals surface area contributed by atoms with Crippen LogP contribution in [0.2, 0.25) is 0 Å². The molecule has 0 saturated carbocycles. The molecule has 0 aliphatic heterocycles. The summed E-state index contributed by atoms with van der Waals surface area (Å²) in [6, 6.07) is 6.54. The van der Waals surface area contributed by atoms with Gasteiger partial charge in [-0.25, -0.2) is 0 Å². The molecule has 0 radical (unpaired) electrons. The van der Waals surface area contributed by atoms with Gasteiger partial charge >= 0.3 is 6.36 Å². The number of hydrogen-bond acceptors (Lipinski definition) is 3. The molecule has 7 heteroatoms. The molecule has 0 saturated heterocycles. The molecule has 0 bridgehead atoms. The molecule has 0 atom stereocenters. The predicted molar refractivity (Wildman–Crippen MR) is 51.1 cm³/mol. The maximum atomic E-state index is 12.0. The van der Waals surface area contributed by atoms with Gasteiger partial charge in [0.2, 0.25) is 0 Å². The first-order chi connectivity index (χ1) is 7.94. The van der Waals surface area contributed by atoms with Crippen molar-refractivity contribution in [3.63, 3.8) is 0 Å². The minimum absolute atomic E-state index is 0.278. The quantitative estimate of drug-likeness (QED) is 0.825. The molecular formula is C10H7F3N2O2. The zero-order chi connectivity index (χ0) is 12.9. The Bertz CT molecular complexity index is 452. The van der Waals surface area contributed by atoms with Gasteiger partial charge in [-0.1, -0.05) is 12.1 Å². The van der Waals surface area contributed by atoms with Crippen molar-refractivity contribution in [3.05, 3.63) is 29.8 Å². The first-order valence-corrected chi connectivity index (χ1v) is 4.44. The van der Waals surface area contributed by atoms with Crippen LogP contribution in [-0.4, -0.2) is 18.8 Å². The Labute approximate surface area is 94.6 Å². The van der Waals surface area contributed by atoms with E-state index in [1.807, 2.05) is 0 Å². The fraction of sp³-hybridized carbons (Fsp3) is 0.200. The van der Waals surface area contributed by atoms with Crippen LogP contribution in [0.4, 0.5) is 13.2 Å². The number of benzene rings is 1. The average Bonchev–Trinajstić information content (AvgIpc) is 2.24. The topological polar surface area (TPSA) is 62.1 Å². The Kier molecular flexibility index (Phi) is 3.93. The molecule has 0 aliphatic rings. The van der Waals surface area contributed by atoms with E-state index in [1.165, 1.54) is 18.2 Å². The van der Waals surface area contributed by atoms with Crippen molar-refractivity contribution in [1.29, 1.82) is 5.26 Å². The number of para-hydroxylation sites is 1. The number of halogens is 3. The molecule has 4 nitrogen and oxygen atoms in total. The number of nitriles is 1. The molecule has 0 heterocycles. The van der Waals surface area contributed by atoms with Crippen LogP contribution in [0.3, 0.4) is 0 Å². The van der Waals surface area contributed by atoms with Crippen molar-refractivity contribution in [3.8, 4) is 11.8 Å². The molecule has 0 fully saturated rings. The number of carbonyl (C=O) groups is 1. The van der Waals surface area contributed by atoms with Gasteiger partial charge < -0.3 is 10.1 Å². The number of rotatable bonds is 3. The first-order valence-electron chi connectivity index (χ1n) is 4.44. The van der Waals surface area contributed by atoms with Crippen LogP contribution in [0.15, 0.2) is 24.3 Å². The van der Waals surface area contributed by atoms with E-state index in [0.29, 0.717) is 0 Å². The van der Waals surface area contributed by atoms with Crippen LogP contribution in [0.5, 0.6) is 5.75 Å². The van der Waals surface area contributed by atoms with Crippen LogP contribution in [-0.2, 0) is 0 Å². The van der Waals surface area contributed by atoms with Gasteiger partial charge in [-0.05, 0) is 12.1 Å². The molecule has 1 N–H and O–H groups in total. The molecule has 90 valence electrons. The standard InChI is InChI=1S/C10H7F3N2O2/c11-10(12,13)17-8-4-2-1-3-7(8)9(16)15-6-5-14/h1-4H,6H2,(H,15,16). The Morgan fingerprint density at radius 2 is 2.06 bits per heavy atom. The Balaban J connectivity index is 2.92. The van der Waals surface area contributed by atoms with E-state index < -0.39 is 18.0 Å². The van der Waals surface area contributed by atoms with E-state index in [-0.39, 0.29) is 12.1 Å². The van der Waals surface area contributed by atoms with Gasteiger partial charge in [0.15, 0.2) is 0 Å². The number of nitrogens with zero attached hydrogens (tertiary/aromatic N) is 1. The Morgan fingerprint density at radius 1 is 1.41 bits per heavy atom. The fourth-order valence-corrected chi connectivity index (χ4v) is 1.08. The van der Waals surface area contributed by atoms with Crippen LogP contribution in [0.1, 0.15) is 10.4 Å². The zero-order valence-corrected chi connectivity index (χ0v) is 8.41. The maximum Gasteiger partial charge on any atom is 0.573 e. The lowest BCUT2D eigenvalue weighted by Gasteiger charge is -2.12. The second kappa shape index (κ2) is 5.21. The molecule has 0 spiro atoms. The van der Waals surface area contributed by atoms with Gasteiger partial charge in [-0.2, -0.15) is 5.26 Å². The molecule has 0 aromatic heterocycles. The van der Waals surface area contributed by atoms with Gasteiger partial charge in [0.25, 0.3) is 5.91 Å². The van der Waals surface area contributed by atoms with Crippen LogP contribution in [0, 0.1) is 11.3 Å². The molecule has 1 amide bonds. The molecule has 17 heavy (non-hydrogen) atoms. The van der Waals surface area contributed by atoms with Gasteiger partial charge in [0.1, 0.15) is 12.3 Å². The summed E-state index contributed by atoms with van der Waals surface area (Å²) in [6.45, 7) is -0.292. The maximum absolute atomic E-state index is 12.0. The van der Waals surface area contributed by atoms with E-state index in [1.54, 1.807) is 6.07 Å². The Hall–Kier alpha value is -2.23. The fourth-order valence-electron chi connectivity index (χ4n) is 1.08. The third-order valence-corrected chi connectivity index (χ3v) is 1.69. The van der Waals surface area contributed by atoms with E-state index in [2.05, 4.69) is 10.1 Å². The minimum atomic E-state index is -4.87. The van der Waals surface area contributed by atoms with Crippen molar-refractivity contribution in [2.45, 2.75) is 6.36 Å². The highest BCUT2D eigenvalue weighted by atomic mass is 19.4. The highest BCUT2D eigenvalue weighted by Crippen LogP contribution is 2.25. The monoisotopic (exact) mass is 244 g/mol. The summed E-state index contributed by atoms with van der Waals surface area (Å²) in [7, 11) is 0. The summed E-state index contributed by atoms with van der Waals surface area (Å²) in [4.78, 5) is 11.4. The third kappa shape index (κ3) is 4.03. The summed E-state index contributed by atoms with van der Waals surface area (Å²) >= 11 is 0. The molecule has 1 aromatic rings. The van der Waals surface area contributed by atoms with Crippen LogP contribution in [0.25, 0.3) is 0 Å². The number of nitrogens with one attached hydrogen (secondary N) is 1. The van der Waals surface area contributed by atoms with E-state index in [9.17, 15) is 18.0 Å². The summed E-state index contributed by atoms with van der Waals surface area (Å²) < 4.78 is 39.8. The minimum Gasteiger partial charge on any atom is -0.405 e.